The van der Waals surface area contributed by atoms with Gasteiger partial charge in [0.1, 0.15) is 0 Å². The first kappa shape index (κ1) is 28.4. The molecule has 0 spiro atoms. The number of rotatable bonds is 11. The van der Waals surface area contributed by atoms with Gasteiger partial charge in [-0.2, -0.15) is 0 Å². The molecule has 1 saturated heterocycles. The molecule has 36 heavy (non-hydrogen) atoms. The molecule has 1 atom stereocenters. The standard InChI is InChI=1S/C27H37Cl2N3O4/c1-4-5-6-8-21-24(26(33)34)18(2)30-19(3)25(21)27(35)36-16-7-11-31-12-14-32(15-13-31)20-9-10-22(28)23(29)17-20/h9-10,17,21,30H,4-8,11-16H2,1-3H3,(H,33,34). The van der Waals surface area contributed by atoms with Gasteiger partial charge in [0.15, 0.2) is 0 Å². The number of hydrogen-bond donors (Lipinski definition) is 2. The van der Waals surface area contributed by atoms with Gasteiger partial charge in [-0.1, -0.05) is 49.4 Å². The zero-order valence-electron chi connectivity index (χ0n) is 21.4. The van der Waals surface area contributed by atoms with Crippen LogP contribution in [0.3, 0.4) is 0 Å². The van der Waals surface area contributed by atoms with Crippen LogP contribution in [0.5, 0.6) is 0 Å². The van der Waals surface area contributed by atoms with E-state index in [4.69, 9.17) is 27.9 Å². The van der Waals surface area contributed by atoms with Crippen LogP contribution in [0, 0.1) is 5.92 Å². The van der Waals surface area contributed by atoms with E-state index in [2.05, 4.69) is 22.0 Å². The second-order valence-corrected chi connectivity index (χ2v) is 10.3. The third kappa shape index (κ3) is 7.17. The summed E-state index contributed by atoms with van der Waals surface area (Å²) < 4.78 is 5.64. The van der Waals surface area contributed by atoms with Crippen LogP contribution >= 0.6 is 23.2 Å². The van der Waals surface area contributed by atoms with Crippen LogP contribution in [0.25, 0.3) is 0 Å². The van der Waals surface area contributed by atoms with Crippen molar-refractivity contribution < 1.29 is 19.4 Å². The van der Waals surface area contributed by atoms with Crippen molar-refractivity contribution >= 4 is 40.8 Å². The normalized spacial score (nSPS) is 18.9. The highest BCUT2D eigenvalue weighted by Gasteiger charge is 2.35. The molecule has 0 bridgehead atoms. The van der Waals surface area contributed by atoms with Crippen LogP contribution in [0.4, 0.5) is 5.69 Å². The summed E-state index contributed by atoms with van der Waals surface area (Å²) in [5.74, 6) is -1.85. The average Bonchev–Trinajstić information content (AvgIpc) is 2.83. The van der Waals surface area contributed by atoms with Crippen LogP contribution in [0.1, 0.15) is 52.9 Å². The maximum atomic E-state index is 13.1. The molecule has 1 unspecified atom stereocenters. The molecule has 7 nitrogen and oxygen atoms in total. The minimum absolute atomic E-state index is 0.267. The number of hydrogen-bond acceptors (Lipinski definition) is 6. The number of unbranched alkanes of at least 4 members (excludes halogenated alkanes) is 2. The van der Waals surface area contributed by atoms with Crippen LogP contribution in [-0.2, 0) is 14.3 Å². The lowest BCUT2D eigenvalue weighted by molar-refractivity contribution is -0.140. The van der Waals surface area contributed by atoms with E-state index < -0.39 is 17.9 Å². The number of allylic oxidation sites excluding steroid dienone is 2. The Morgan fingerprint density at radius 1 is 1.03 bits per heavy atom. The van der Waals surface area contributed by atoms with E-state index in [1.165, 1.54) is 0 Å². The van der Waals surface area contributed by atoms with E-state index in [9.17, 15) is 14.7 Å². The number of esters is 1. The third-order valence-electron chi connectivity index (χ3n) is 6.92. The van der Waals surface area contributed by atoms with Crippen molar-refractivity contribution in [3.8, 4) is 0 Å². The van der Waals surface area contributed by atoms with E-state index >= 15 is 0 Å². The first-order valence-corrected chi connectivity index (χ1v) is 13.5. The van der Waals surface area contributed by atoms with Crippen LogP contribution < -0.4 is 10.2 Å². The Kier molecular flexibility index (Phi) is 10.5. The number of anilines is 1. The molecule has 198 valence electrons. The Balaban J connectivity index is 1.49. The Morgan fingerprint density at radius 2 is 1.72 bits per heavy atom. The number of nitrogens with zero attached hydrogens (tertiary/aromatic N) is 2. The number of carboxylic acids is 1. The lowest BCUT2D eigenvalue weighted by atomic mass is 9.82. The highest BCUT2D eigenvalue weighted by Crippen LogP contribution is 2.34. The summed E-state index contributed by atoms with van der Waals surface area (Å²) in [6, 6.07) is 5.71. The minimum Gasteiger partial charge on any atom is -0.478 e. The number of halogens is 2. The molecule has 1 aromatic carbocycles. The number of benzene rings is 1. The fourth-order valence-corrected chi connectivity index (χ4v) is 5.31. The molecule has 1 fully saturated rings. The van der Waals surface area contributed by atoms with Crippen molar-refractivity contribution in [2.24, 2.45) is 5.92 Å². The second-order valence-electron chi connectivity index (χ2n) is 9.47. The molecule has 2 aliphatic heterocycles. The van der Waals surface area contributed by atoms with Crippen molar-refractivity contribution in [3.05, 3.63) is 50.8 Å². The Morgan fingerprint density at radius 3 is 2.36 bits per heavy atom. The van der Waals surface area contributed by atoms with Gasteiger partial charge in [-0.15, -0.1) is 0 Å². The molecule has 2 heterocycles. The summed E-state index contributed by atoms with van der Waals surface area (Å²) in [5, 5.41) is 14.0. The highest BCUT2D eigenvalue weighted by molar-refractivity contribution is 6.42. The topological polar surface area (TPSA) is 82.1 Å². The molecule has 9 heteroatoms. The number of carbonyl (C=O) groups excluding carboxylic acids is 1. The van der Waals surface area contributed by atoms with Gasteiger partial charge in [0.05, 0.1) is 27.8 Å². The van der Waals surface area contributed by atoms with Gasteiger partial charge >= 0.3 is 11.9 Å². The number of dihydropyridines is 1. The van der Waals surface area contributed by atoms with Gasteiger partial charge in [-0.05, 0) is 44.9 Å². The van der Waals surface area contributed by atoms with Crippen molar-refractivity contribution in [3.63, 3.8) is 0 Å². The maximum absolute atomic E-state index is 13.1. The minimum atomic E-state index is -0.987. The van der Waals surface area contributed by atoms with E-state index in [1.54, 1.807) is 6.92 Å². The van der Waals surface area contributed by atoms with Crippen molar-refractivity contribution in [1.82, 2.24) is 10.2 Å². The number of piperazine rings is 1. The van der Waals surface area contributed by atoms with Crippen molar-refractivity contribution in [1.29, 1.82) is 0 Å². The van der Waals surface area contributed by atoms with Crippen molar-refractivity contribution in [2.45, 2.75) is 52.9 Å². The number of aliphatic carboxylic acids is 1. The first-order valence-electron chi connectivity index (χ1n) is 12.7. The lowest BCUT2D eigenvalue weighted by Crippen LogP contribution is -2.46. The number of carbonyl (C=O) groups is 2. The highest BCUT2D eigenvalue weighted by atomic mass is 35.5. The Hall–Kier alpha value is -2.22. The van der Waals surface area contributed by atoms with Crippen molar-refractivity contribution in [2.75, 3.05) is 44.2 Å². The fraction of sp³-hybridized carbons (Fsp3) is 0.556. The molecule has 2 N–H and O–H groups in total. The molecule has 0 aliphatic carbocycles. The smallest absolute Gasteiger partial charge is 0.336 e. The van der Waals surface area contributed by atoms with E-state index in [-0.39, 0.29) is 5.57 Å². The van der Waals surface area contributed by atoms with Gasteiger partial charge in [-0.3, -0.25) is 4.90 Å². The Bertz CT molecular complexity index is 1020. The molecule has 0 amide bonds. The van der Waals surface area contributed by atoms with Gasteiger partial charge in [0, 0.05) is 55.7 Å². The zero-order valence-corrected chi connectivity index (χ0v) is 22.9. The molecule has 0 saturated carbocycles. The summed E-state index contributed by atoms with van der Waals surface area (Å²) in [4.78, 5) is 29.7. The SMILES string of the molecule is CCCCCC1C(C(=O)O)=C(C)NC(C)=C1C(=O)OCCCN1CCN(c2ccc(Cl)c(Cl)c2)CC1. The van der Waals surface area contributed by atoms with E-state index in [0.717, 1.165) is 64.1 Å². The average molecular weight is 539 g/mol. The molecule has 0 radical (unpaired) electrons. The van der Waals surface area contributed by atoms with Gasteiger partial charge in [0.2, 0.25) is 0 Å². The number of ether oxygens (including phenoxy) is 1. The molecule has 1 aromatic rings. The van der Waals surface area contributed by atoms with E-state index in [0.29, 0.717) is 40.0 Å². The quantitative estimate of drug-likeness (QED) is 0.285. The Labute approximate surface area is 224 Å². The number of nitrogens with one attached hydrogen (secondary N) is 1. The summed E-state index contributed by atoms with van der Waals surface area (Å²) in [6.45, 7) is 10.4. The molecule has 0 aromatic heterocycles. The summed E-state index contributed by atoms with van der Waals surface area (Å²) >= 11 is 12.2. The van der Waals surface area contributed by atoms with Gasteiger partial charge in [-0.25, -0.2) is 9.59 Å². The summed E-state index contributed by atoms with van der Waals surface area (Å²) in [7, 11) is 0. The summed E-state index contributed by atoms with van der Waals surface area (Å²) in [6.07, 6.45) is 4.23. The third-order valence-corrected chi connectivity index (χ3v) is 7.66. The largest absolute Gasteiger partial charge is 0.478 e. The first-order chi connectivity index (χ1) is 17.2. The molecule has 2 aliphatic rings. The summed E-state index contributed by atoms with van der Waals surface area (Å²) in [5.41, 5.74) is 3.06. The zero-order chi connectivity index (χ0) is 26.2. The van der Waals surface area contributed by atoms with Crippen LogP contribution in [-0.4, -0.2) is 61.3 Å². The van der Waals surface area contributed by atoms with Crippen LogP contribution in [0.15, 0.2) is 40.7 Å². The molecular weight excluding hydrogens is 501 g/mol. The van der Waals surface area contributed by atoms with Gasteiger partial charge < -0.3 is 20.1 Å². The lowest BCUT2D eigenvalue weighted by Gasteiger charge is -2.36. The number of carboxylic acid groups (broad SMARTS) is 1. The second kappa shape index (κ2) is 13.4. The predicted molar refractivity (Wildman–Crippen MR) is 144 cm³/mol. The molecule has 3 rings (SSSR count). The monoisotopic (exact) mass is 537 g/mol. The maximum Gasteiger partial charge on any atom is 0.336 e. The molecular formula is C27H37Cl2N3O4. The predicted octanol–water partition coefficient (Wildman–Crippen LogP) is 5.48. The van der Waals surface area contributed by atoms with Gasteiger partial charge in [0.25, 0.3) is 0 Å². The van der Waals surface area contributed by atoms with Crippen LogP contribution in [0.2, 0.25) is 10.0 Å². The van der Waals surface area contributed by atoms with E-state index in [1.807, 2.05) is 25.1 Å². The fourth-order valence-electron chi connectivity index (χ4n) is 5.02.